The van der Waals surface area contributed by atoms with Crippen LogP contribution in [0, 0.1) is 0 Å². The summed E-state index contributed by atoms with van der Waals surface area (Å²) in [5, 5.41) is 11.9. The number of carbonyl (C=O) groups is 3. The molecule has 4 rings (SSSR count). The summed E-state index contributed by atoms with van der Waals surface area (Å²) >= 11 is 0. The molecule has 2 N–H and O–H groups in total. The van der Waals surface area contributed by atoms with Gasteiger partial charge in [-0.15, -0.1) is 0 Å². The average molecular weight is 434 g/mol. The lowest BCUT2D eigenvalue weighted by molar-refractivity contribution is -0.121. The number of amides is 3. The first-order valence-corrected chi connectivity index (χ1v) is 10.6. The number of benzene rings is 2. The van der Waals surface area contributed by atoms with E-state index in [0.29, 0.717) is 60.9 Å². The SMILES string of the molecule is CC(=O)Nc1ccc(C2=C(N3CCN(CCO)CC3)C(=O)N(c3ccccc3)C2=O)cc1. The number of β-amino-alcohol motifs (C(OH)–C–C–N with tert-alkyl or cyclic N) is 1. The van der Waals surface area contributed by atoms with Gasteiger partial charge in [0, 0.05) is 45.3 Å². The van der Waals surface area contributed by atoms with E-state index in [1.807, 2.05) is 11.0 Å². The van der Waals surface area contributed by atoms with Gasteiger partial charge in [0.15, 0.2) is 0 Å². The Morgan fingerprint density at radius 2 is 1.59 bits per heavy atom. The summed E-state index contributed by atoms with van der Waals surface area (Å²) in [6.45, 7) is 4.69. The minimum atomic E-state index is -0.360. The summed E-state index contributed by atoms with van der Waals surface area (Å²) in [5.74, 6) is -0.875. The number of carbonyl (C=O) groups excluding carboxylic acids is 3. The predicted octanol–water partition coefficient (Wildman–Crippen LogP) is 1.54. The maximum Gasteiger partial charge on any atom is 0.282 e. The molecule has 0 saturated carbocycles. The highest BCUT2D eigenvalue weighted by atomic mass is 16.3. The highest BCUT2D eigenvalue weighted by Gasteiger charge is 2.42. The van der Waals surface area contributed by atoms with Crippen LogP contribution in [0.5, 0.6) is 0 Å². The van der Waals surface area contributed by atoms with Gasteiger partial charge in [-0.3, -0.25) is 19.3 Å². The monoisotopic (exact) mass is 434 g/mol. The number of aliphatic hydroxyl groups excluding tert-OH is 1. The number of imide groups is 1. The summed E-state index contributed by atoms with van der Waals surface area (Å²) in [7, 11) is 0. The van der Waals surface area contributed by atoms with Crippen LogP contribution in [-0.4, -0.2) is 72.0 Å². The number of hydrogen-bond donors (Lipinski definition) is 2. The smallest absolute Gasteiger partial charge is 0.282 e. The van der Waals surface area contributed by atoms with Crippen molar-refractivity contribution in [2.24, 2.45) is 0 Å². The molecule has 8 heteroatoms. The molecule has 0 aliphatic carbocycles. The van der Waals surface area contributed by atoms with Crippen LogP contribution in [0.3, 0.4) is 0 Å². The van der Waals surface area contributed by atoms with Gasteiger partial charge in [-0.25, -0.2) is 4.90 Å². The Morgan fingerprint density at radius 1 is 0.938 bits per heavy atom. The van der Waals surface area contributed by atoms with Crippen molar-refractivity contribution < 1.29 is 19.5 Å². The average Bonchev–Trinajstić information content (AvgIpc) is 3.05. The topological polar surface area (TPSA) is 93.2 Å². The van der Waals surface area contributed by atoms with E-state index in [1.165, 1.54) is 11.8 Å². The molecule has 166 valence electrons. The van der Waals surface area contributed by atoms with Gasteiger partial charge in [0.05, 0.1) is 17.9 Å². The number of anilines is 2. The van der Waals surface area contributed by atoms with Gasteiger partial charge in [0.2, 0.25) is 5.91 Å². The zero-order valence-electron chi connectivity index (χ0n) is 18.0. The van der Waals surface area contributed by atoms with E-state index in [1.54, 1.807) is 48.5 Å². The second-order valence-electron chi connectivity index (χ2n) is 7.82. The maximum absolute atomic E-state index is 13.5. The molecule has 2 aliphatic rings. The van der Waals surface area contributed by atoms with Crippen molar-refractivity contribution in [3.8, 4) is 0 Å². The van der Waals surface area contributed by atoms with Crippen LogP contribution in [0.25, 0.3) is 5.57 Å². The summed E-state index contributed by atoms with van der Waals surface area (Å²) in [5.41, 5.74) is 2.55. The molecule has 2 aliphatic heterocycles. The Morgan fingerprint density at radius 3 is 2.19 bits per heavy atom. The molecule has 0 radical (unpaired) electrons. The lowest BCUT2D eigenvalue weighted by Gasteiger charge is -2.36. The van der Waals surface area contributed by atoms with Crippen LogP contribution < -0.4 is 10.2 Å². The van der Waals surface area contributed by atoms with E-state index in [2.05, 4.69) is 10.2 Å². The van der Waals surface area contributed by atoms with Crippen LogP contribution in [0.2, 0.25) is 0 Å². The fourth-order valence-corrected chi connectivity index (χ4v) is 4.14. The first-order valence-electron chi connectivity index (χ1n) is 10.6. The second-order valence-corrected chi connectivity index (χ2v) is 7.82. The Labute approximate surface area is 186 Å². The van der Waals surface area contributed by atoms with Crippen molar-refractivity contribution in [3.63, 3.8) is 0 Å². The van der Waals surface area contributed by atoms with Gasteiger partial charge >= 0.3 is 0 Å². The lowest BCUT2D eigenvalue weighted by Crippen LogP contribution is -2.48. The van der Waals surface area contributed by atoms with E-state index in [9.17, 15) is 19.5 Å². The van der Waals surface area contributed by atoms with Crippen LogP contribution in [0.4, 0.5) is 11.4 Å². The molecule has 2 heterocycles. The van der Waals surface area contributed by atoms with Crippen molar-refractivity contribution in [1.82, 2.24) is 9.80 Å². The number of aliphatic hydroxyl groups is 1. The Bertz CT molecular complexity index is 1040. The lowest BCUT2D eigenvalue weighted by atomic mass is 10.0. The number of rotatable bonds is 6. The standard InChI is InChI=1S/C24H26N4O4/c1-17(30)25-19-9-7-18(8-10-19)21-22(27-13-11-26(12-14-27)15-16-29)24(32)28(23(21)31)20-5-3-2-4-6-20/h2-10,29H,11-16H2,1H3,(H,25,30). The van der Waals surface area contributed by atoms with Crippen LogP contribution in [0.15, 0.2) is 60.3 Å². The van der Waals surface area contributed by atoms with Crippen molar-refractivity contribution in [2.75, 3.05) is 49.5 Å². The second kappa shape index (κ2) is 9.33. The van der Waals surface area contributed by atoms with Crippen molar-refractivity contribution in [3.05, 3.63) is 65.9 Å². The maximum atomic E-state index is 13.5. The minimum absolute atomic E-state index is 0.0911. The number of nitrogens with one attached hydrogen (secondary N) is 1. The molecule has 8 nitrogen and oxygen atoms in total. The molecule has 32 heavy (non-hydrogen) atoms. The molecule has 0 unspecified atom stereocenters. The van der Waals surface area contributed by atoms with E-state index in [4.69, 9.17) is 0 Å². The largest absolute Gasteiger partial charge is 0.395 e. The van der Waals surface area contributed by atoms with Gasteiger partial charge in [-0.1, -0.05) is 30.3 Å². The molecule has 2 aromatic rings. The molecule has 0 atom stereocenters. The molecule has 3 amide bonds. The molecular formula is C24H26N4O4. The summed E-state index contributed by atoms with van der Waals surface area (Å²) in [6.07, 6.45) is 0. The van der Waals surface area contributed by atoms with Crippen molar-refractivity contribution >= 4 is 34.7 Å². The quantitative estimate of drug-likeness (QED) is 0.670. The van der Waals surface area contributed by atoms with Crippen LogP contribution in [0.1, 0.15) is 12.5 Å². The van der Waals surface area contributed by atoms with E-state index < -0.39 is 0 Å². The number of para-hydroxylation sites is 1. The molecule has 0 bridgehead atoms. The molecule has 1 saturated heterocycles. The first kappa shape index (κ1) is 21.7. The Balaban J connectivity index is 1.71. The van der Waals surface area contributed by atoms with Crippen molar-refractivity contribution in [1.29, 1.82) is 0 Å². The fourth-order valence-electron chi connectivity index (χ4n) is 4.14. The fraction of sp³-hybridized carbons (Fsp3) is 0.292. The summed E-state index contributed by atoms with van der Waals surface area (Å²) < 4.78 is 0. The van der Waals surface area contributed by atoms with Gasteiger partial charge in [-0.2, -0.15) is 0 Å². The normalized spacial score (nSPS) is 17.3. The molecule has 2 aromatic carbocycles. The highest BCUT2D eigenvalue weighted by molar-refractivity contribution is 6.45. The number of piperazine rings is 1. The third kappa shape index (κ3) is 4.28. The predicted molar refractivity (Wildman–Crippen MR) is 122 cm³/mol. The van der Waals surface area contributed by atoms with Crippen LogP contribution >= 0.6 is 0 Å². The third-order valence-corrected chi connectivity index (χ3v) is 5.67. The first-order chi connectivity index (χ1) is 15.5. The Kier molecular flexibility index (Phi) is 6.34. The highest BCUT2D eigenvalue weighted by Crippen LogP contribution is 2.35. The summed E-state index contributed by atoms with van der Waals surface area (Å²) in [4.78, 5) is 43.7. The molecule has 1 fully saturated rings. The zero-order valence-corrected chi connectivity index (χ0v) is 18.0. The number of hydrogen-bond acceptors (Lipinski definition) is 6. The third-order valence-electron chi connectivity index (χ3n) is 5.67. The zero-order chi connectivity index (χ0) is 22.7. The van der Waals surface area contributed by atoms with E-state index >= 15 is 0 Å². The Hall–Kier alpha value is -3.49. The van der Waals surface area contributed by atoms with E-state index in [-0.39, 0.29) is 24.3 Å². The van der Waals surface area contributed by atoms with E-state index in [0.717, 1.165) is 0 Å². The van der Waals surface area contributed by atoms with Gasteiger partial charge in [0.25, 0.3) is 11.8 Å². The van der Waals surface area contributed by atoms with Crippen molar-refractivity contribution in [2.45, 2.75) is 6.92 Å². The van der Waals surface area contributed by atoms with Gasteiger partial charge < -0.3 is 15.3 Å². The minimum Gasteiger partial charge on any atom is -0.395 e. The van der Waals surface area contributed by atoms with Gasteiger partial charge in [-0.05, 0) is 29.8 Å². The van der Waals surface area contributed by atoms with Gasteiger partial charge in [0.1, 0.15) is 5.70 Å². The molecular weight excluding hydrogens is 408 g/mol. The molecule has 0 aromatic heterocycles. The number of nitrogens with zero attached hydrogens (tertiary/aromatic N) is 3. The van der Waals surface area contributed by atoms with Crippen LogP contribution in [-0.2, 0) is 14.4 Å². The summed E-state index contributed by atoms with van der Waals surface area (Å²) in [6, 6.07) is 15.9. The molecule has 0 spiro atoms.